The lowest BCUT2D eigenvalue weighted by molar-refractivity contribution is -0.257. The molecule has 2 fully saturated rings. The van der Waals surface area contributed by atoms with E-state index in [1.165, 1.54) is 6.92 Å². The van der Waals surface area contributed by atoms with E-state index in [-0.39, 0.29) is 5.57 Å². The van der Waals surface area contributed by atoms with Crippen molar-refractivity contribution >= 4 is 32.1 Å². The van der Waals surface area contributed by atoms with Gasteiger partial charge < -0.3 is 34.7 Å². The van der Waals surface area contributed by atoms with Crippen molar-refractivity contribution in [2.75, 3.05) is 51.3 Å². The fourth-order valence-corrected chi connectivity index (χ4v) is 7.01. The first-order valence-electron chi connectivity index (χ1n) is 15.0. The molecule has 0 radical (unpaired) electrons. The van der Waals surface area contributed by atoms with Crippen molar-refractivity contribution in [2.45, 2.75) is 38.4 Å². The van der Waals surface area contributed by atoms with Gasteiger partial charge >= 0.3 is 0 Å². The topological polar surface area (TPSA) is 169 Å². The van der Waals surface area contributed by atoms with E-state index < -0.39 is 52.0 Å². The number of hydrogen-bond acceptors (Lipinski definition) is 10. The lowest BCUT2D eigenvalue weighted by Crippen LogP contribution is -2.56. The normalized spacial score (nSPS) is 25.1. The van der Waals surface area contributed by atoms with Crippen LogP contribution in [-0.2, 0) is 26.5 Å². The molecule has 3 heterocycles. The minimum Gasteiger partial charge on any atom is -0.390 e. The zero-order valence-corrected chi connectivity index (χ0v) is 26.5. The van der Waals surface area contributed by atoms with Gasteiger partial charge in [0.25, 0.3) is 10.0 Å². The standard InChI is InChI=1S/C32H41N5O7S/c1-20(29(18-33)45(41,42)35-19-28-31(39)30(38)21(2)32(40)44-28)26-8-9-27(36(26)3)24-5-4-23-17-25(7-6-22(23)16-24)34-10-11-37-12-14-43-15-13-37/h4-9,16-17,21,28,30-32,34-35,38-40H,10-15,19H2,1-3H3/b29-20+/t21-,28?,30-,31-,32?/m1/s1. The van der Waals surface area contributed by atoms with Gasteiger partial charge in [0, 0.05) is 68.3 Å². The number of rotatable bonds is 10. The summed E-state index contributed by atoms with van der Waals surface area (Å²) in [4.78, 5) is 1.90. The maximum Gasteiger partial charge on any atom is 0.251 e. The number of sulfonamides is 1. The van der Waals surface area contributed by atoms with Crippen LogP contribution in [0.5, 0.6) is 0 Å². The number of aliphatic hydroxyl groups excluding tert-OH is 3. The Balaban J connectivity index is 1.30. The Morgan fingerprint density at radius 2 is 1.76 bits per heavy atom. The monoisotopic (exact) mass is 639 g/mol. The van der Waals surface area contributed by atoms with Gasteiger partial charge in [-0.05, 0) is 53.6 Å². The Morgan fingerprint density at radius 3 is 2.49 bits per heavy atom. The molecule has 0 saturated carbocycles. The van der Waals surface area contributed by atoms with Gasteiger partial charge in [-0.25, -0.2) is 13.1 Å². The Kier molecular flexibility index (Phi) is 10.3. The van der Waals surface area contributed by atoms with Gasteiger partial charge in [0.05, 0.1) is 19.3 Å². The maximum atomic E-state index is 13.2. The third-order valence-electron chi connectivity index (χ3n) is 8.72. The molecule has 5 rings (SSSR count). The highest BCUT2D eigenvalue weighted by Gasteiger charge is 2.42. The fraction of sp³-hybridized carbons (Fsp3) is 0.469. The highest BCUT2D eigenvalue weighted by molar-refractivity contribution is 7.93. The second-order valence-corrected chi connectivity index (χ2v) is 13.3. The number of ether oxygens (including phenoxy) is 2. The lowest BCUT2D eigenvalue weighted by atomic mass is 9.92. The SMILES string of the molecule is C/C(=C(/C#N)S(=O)(=O)NCC1OC(O)[C@H](C)[C@@H](O)[C@@H]1O)c1ccc(-c2ccc3cc(NCCN4CCOCC4)ccc3c2)n1C. The molecular weight excluding hydrogens is 598 g/mol. The number of nitrogens with one attached hydrogen (secondary N) is 2. The van der Waals surface area contributed by atoms with Crippen LogP contribution in [0.2, 0.25) is 0 Å². The van der Waals surface area contributed by atoms with Crippen LogP contribution >= 0.6 is 0 Å². The first-order chi connectivity index (χ1) is 21.5. The largest absolute Gasteiger partial charge is 0.390 e. The molecule has 0 bridgehead atoms. The van der Waals surface area contributed by atoms with Crippen LogP contribution in [0.1, 0.15) is 19.5 Å². The molecule has 2 aromatic carbocycles. The quantitative estimate of drug-likeness (QED) is 0.206. The van der Waals surface area contributed by atoms with Crippen LogP contribution in [0.25, 0.3) is 27.6 Å². The van der Waals surface area contributed by atoms with Crippen molar-refractivity contribution in [2.24, 2.45) is 13.0 Å². The number of nitriles is 1. The van der Waals surface area contributed by atoms with Crippen molar-refractivity contribution in [3.8, 4) is 17.3 Å². The third kappa shape index (κ3) is 7.24. The summed E-state index contributed by atoms with van der Waals surface area (Å²) in [5.41, 5.74) is 3.62. The van der Waals surface area contributed by atoms with Crippen LogP contribution in [0.3, 0.4) is 0 Å². The predicted octanol–water partition coefficient (Wildman–Crippen LogP) is 1.84. The minimum absolute atomic E-state index is 0.242. The van der Waals surface area contributed by atoms with E-state index in [1.54, 1.807) is 19.1 Å². The summed E-state index contributed by atoms with van der Waals surface area (Å²) < 4.78 is 41.2. The van der Waals surface area contributed by atoms with E-state index in [4.69, 9.17) is 9.47 Å². The van der Waals surface area contributed by atoms with Crippen molar-refractivity contribution in [1.29, 1.82) is 5.26 Å². The fourth-order valence-electron chi connectivity index (χ4n) is 5.85. The van der Waals surface area contributed by atoms with Crippen molar-refractivity contribution < 1.29 is 33.2 Å². The van der Waals surface area contributed by atoms with Crippen LogP contribution in [0.4, 0.5) is 5.69 Å². The number of aromatic nitrogens is 1. The molecule has 3 aromatic rings. The highest BCUT2D eigenvalue weighted by atomic mass is 32.2. The number of anilines is 1. The van der Waals surface area contributed by atoms with Crippen molar-refractivity contribution in [1.82, 2.24) is 14.2 Å². The third-order valence-corrected chi connectivity index (χ3v) is 10.2. The number of morpholine rings is 1. The second-order valence-electron chi connectivity index (χ2n) is 11.6. The highest BCUT2D eigenvalue weighted by Crippen LogP contribution is 2.31. The molecule has 45 heavy (non-hydrogen) atoms. The van der Waals surface area contributed by atoms with E-state index >= 15 is 0 Å². The molecule has 13 heteroatoms. The molecule has 0 aliphatic carbocycles. The molecule has 5 N–H and O–H groups in total. The zero-order valence-electron chi connectivity index (χ0n) is 25.7. The number of fused-ring (bicyclic) bond motifs is 1. The molecule has 2 aliphatic heterocycles. The first kappa shape index (κ1) is 33.1. The van der Waals surface area contributed by atoms with Crippen LogP contribution < -0.4 is 10.0 Å². The number of nitrogens with zero attached hydrogens (tertiary/aromatic N) is 3. The van der Waals surface area contributed by atoms with Gasteiger partial charge in [-0.1, -0.05) is 25.1 Å². The average Bonchev–Trinajstić information content (AvgIpc) is 3.42. The Morgan fingerprint density at radius 1 is 1.04 bits per heavy atom. The summed E-state index contributed by atoms with van der Waals surface area (Å²) in [5.74, 6) is -0.746. The van der Waals surface area contributed by atoms with Gasteiger partial charge in [0.15, 0.2) is 11.2 Å². The van der Waals surface area contributed by atoms with Crippen molar-refractivity contribution in [3.05, 3.63) is 59.1 Å². The van der Waals surface area contributed by atoms with Gasteiger partial charge in [0.1, 0.15) is 18.3 Å². The summed E-state index contributed by atoms with van der Waals surface area (Å²) in [5, 5.41) is 45.9. The van der Waals surface area contributed by atoms with Gasteiger partial charge in [0.2, 0.25) is 0 Å². The molecule has 242 valence electrons. The summed E-state index contributed by atoms with van der Waals surface area (Å²) >= 11 is 0. The van der Waals surface area contributed by atoms with E-state index in [9.17, 15) is 29.0 Å². The molecule has 0 amide bonds. The Labute approximate surface area is 263 Å². The zero-order chi connectivity index (χ0) is 32.3. The molecule has 0 spiro atoms. The molecule has 2 unspecified atom stereocenters. The molecule has 5 atom stereocenters. The van der Waals surface area contributed by atoms with E-state index in [2.05, 4.69) is 45.3 Å². The first-order valence-corrected chi connectivity index (χ1v) is 16.5. The van der Waals surface area contributed by atoms with E-state index in [0.717, 1.165) is 67.1 Å². The summed E-state index contributed by atoms with van der Waals surface area (Å²) in [7, 11) is -2.51. The van der Waals surface area contributed by atoms with Crippen LogP contribution in [0.15, 0.2) is 53.4 Å². The maximum absolute atomic E-state index is 13.2. The summed E-state index contributed by atoms with van der Waals surface area (Å²) in [6, 6.07) is 17.9. The van der Waals surface area contributed by atoms with Gasteiger partial charge in [-0.3, -0.25) is 4.90 Å². The van der Waals surface area contributed by atoms with Crippen molar-refractivity contribution in [3.63, 3.8) is 0 Å². The van der Waals surface area contributed by atoms with Gasteiger partial charge in [-0.15, -0.1) is 0 Å². The summed E-state index contributed by atoms with van der Waals surface area (Å²) in [6.45, 7) is 7.92. The lowest BCUT2D eigenvalue weighted by Gasteiger charge is -2.39. The molecule has 2 saturated heterocycles. The molecular formula is C32H41N5O7S. The number of aliphatic hydroxyl groups is 3. The predicted molar refractivity (Wildman–Crippen MR) is 171 cm³/mol. The van der Waals surface area contributed by atoms with Crippen LogP contribution in [0, 0.1) is 17.2 Å². The number of hydrogen-bond donors (Lipinski definition) is 5. The average molecular weight is 640 g/mol. The molecule has 2 aliphatic rings. The van der Waals surface area contributed by atoms with E-state index in [1.807, 2.05) is 23.7 Å². The number of allylic oxidation sites excluding steroid dienone is 2. The molecule has 12 nitrogen and oxygen atoms in total. The Bertz CT molecular complexity index is 1690. The van der Waals surface area contributed by atoms with E-state index in [0.29, 0.717) is 5.69 Å². The second kappa shape index (κ2) is 14.0. The molecule has 1 aromatic heterocycles. The van der Waals surface area contributed by atoms with Gasteiger partial charge in [-0.2, -0.15) is 5.26 Å². The smallest absolute Gasteiger partial charge is 0.251 e. The number of benzene rings is 2. The summed E-state index contributed by atoms with van der Waals surface area (Å²) in [6.07, 6.45) is -5.27. The minimum atomic E-state index is -4.32. The van der Waals surface area contributed by atoms with Crippen LogP contribution in [-0.4, -0.2) is 104 Å². The Hall–Kier alpha value is -3.32.